The van der Waals surface area contributed by atoms with Crippen molar-refractivity contribution < 1.29 is 9.90 Å². The van der Waals surface area contributed by atoms with Crippen molar-refractivity contribution in [3.8, 4) is 0 Å². The van der Waals surface area contributed by atoms with E-state index in [2.05, 4.69) is 25.2 Å². The lowest BCUT2D eigenvalue weighted by Gasteiger charge is -2.52. The van der Waals surface area contributed by atoms with Crippen molar-refractivity contribution in [3.63, 3.8) is 0 Å². The standard InChI is InChI=1S/C14H23NO2/c1-3-10-5-11-7-14(8-13(16)17,9-15-4-2)12(11)6-10/h6,11-12,15H,3-5,7-9H2,1-2H3,(H,16,17)/t11-,12-,14-/m1/s1. The van der Waals surface area contributed by atoms with Gasteiger partial charge in [-0.15, -0.1) is 0 Å². The van der Waals surface area contributed by atoms with Crippen LogP contribution >= 0.6 is 0 Å². The Labute approximate surface area is 103 Å². The van der Waals surface area contributed by atoms with Gasteiger partial charge in [0.15, 0.2) is 0 Å². The van der Waals surface area contributed by atoms with Crippen molar-refractivity contribution in [2.45, 2.75) is 39.5 Å². The van der Waals surface area contributed by atoms with Crippen molar-refractivity contribution in [3.05, 3.63) is 11.6 Å². The molecular weight excluding hydrogens is 214 g/mol. The summed E-state index contributed by atoms with van der Waals surface area (Å²) in [5, 5.41) is 12.5. The molecule has 0 spiro atoms. The third-order valence-corrected chi connectivity index (χ3v) is 4.51. The van der Waals surface area contributed by atoms with Crippen LogP contribution in [-0.2, 0) is 4.79 Å². The van der Waals surface area contributed by atoms with Crippen LogP contribution in [0.5, 0.6) is 0 Å². The molecule has 2 rings (SSSR count). The van der Waals surface area contributed by atoms with Crippen LogP contribution in [0.2, 0.25) is 0 Å². The van der Waals surface area contributed by atoms with Gasteiger partial charge in [-0.2, -0.15) is 0 Å². The van der Waals surface area contributed by atoms with E-state index in [-0.39, 0.29) is 5.41 Å². The largest absolute Gasteiger partial charge is 0.481 e. The summed E-state index contributed by atoms with van der Waals surface area (Å²) in [5.74, 6) is 0.579. The summed E-state index contributed by atoms with van der Waals surface area (Å²) < 4.78 is 0. The van der Waals surface area contributed by atoms with E-state index < -0.39 is 5.97 Å². The van der Waals surface area contributed by atoms with Crippen LogP contribution in [0.25, 0.3) is 0 Å². The molecule has 0 radical (unpaired) electrons. The van der Waals surface area contributed by atoms with Crippen molar-refractivity contribution in [2.24, 2.45) is 17.3 Å². The van der Waals surface area contributed by atoms with Crippen molar-refractivity contribution in [1.82, 2.24) is 5.32 Å². The molecular formula is C14H23NO2. The first-order chi connectivity index (χ1) is 8.11. The molecule has 3 atom stereocenters. The van der Waals surface area contributed by atoms with Crippen LogP contribution in [0.1, 0.15) is 39.5 Å². The number of hydrogen-bond donors (Lipinski definition) is 2. The molecule has 0 aromatic carbocycles. The molecule has 0 unspecified atom stereocenters. The van der Waals surface area contributed by atoms with Crippen LogP contribution < -0.4 is 5.32 Å². The topological polar surface area (TPSA) is 49.3 Å². The first-order valence-electron chi connectivity index (χ1n) is 6.73. The Morgan fingerprint density at radius 3 is 2.94 bits per heavy atom. The minimum Gasteiger partial charge on any atom is -0.481 e. The normalized spacial score (nSPS) is 35.1. The van der Waals surface area contributed by atoms with Gasteiger partial charge in [0.2, 0.25) is 0 Å². The Balaban J connectivity index is 2.08. The highest BCUT2D eigenvalue weighted by atomic mass is 16.4. The zero-order valence-electron chi connectivity index (χ0n) is 10.8. The quantitative estimate of drug-likeness (QED) is 0.698. The third kappa shape index (κ3) is 2.25. The Kier molecular flexibility index (Phi) is 3.57. The molecule has 0 aromatic rings. The minimum absolute atomic E-state index is 0.0105. The van der Waals surface area contributed by atoms with Crippen molar-refractivity contribution >= 4 is 5.97 Å². The van der Waals surface area contributed by atoms with Gasteiger partial charge in [-0.3, -0.25) is 4.79 Å². The molecule has 1 saturated carbocycles. The Hall–Kier alpha value is -0.830. The molecule has 0 heterocycles. The molecule has 96 valence electrons. The number of allylic oxidation sites excluding steroid dienone is 2. The fourth-order valence-electron chi connectivity index (χ4n) is 3.68. The average Bonchev–Trinajstić information content (AvgIpc) is 2.62. The van der Waals surface area contributed by atoms with Gasteiger partial charge in [0.1, 0.15) is 0 Å². The minimum atomic E-state index is -0.653. The average molecular weight is 237 g/mol. The predicted molar refractivity (Wildman–Crippen MR) is 67.8 cm³/mol. The number of aliphatic carboxylic acids is 1. The van der Waals surface area contributed by atoms with E-state index in [1.807, 2.05) is 0 Å². The molecule has 3 heteroatoms. The molecule has 2 N–H and O–H groups in total. The lowest BCUT2D eigenvalue weighted by atomic mass is 9.53. The van der Waals surface area contributed by atoms with Crippen LogP contribution in [0.4, 0.5) is 0 Å². The number of hydrogen-bond acceptors (Lipinski definition) is 2. The number of carbonyl (C=O) groups is 1. The number of carboxylic acid groups (broad SMARTS) is 1. The van der Waals surface area contributed by atoms with E-state index in [1.54, 1.807) is 0 Å². The molecule has 0 amide bonds. The maximum atomic E-state index is 11.1. The molecule has 0 bridgehead atoms. The van der Waals surface area contributed by atoms with Crippen molar-refractivity contribution in [2.75, 3.05) is 13.1 Å². The Bertz CT molecular complexity index is 337. The first kappa shape index (κ1) is 12.6. The fourth-order valence-corrected chi connectivity index (χ4v) is 3.68. The van der Waals surface area contributed by atoms with Crippen LogP contribution in [0.15, 0.2) is 11.6 Å². The van der Waals surface area contributed by atoms with E-state index in [0.717, 1.165) is 31.8 Å². The maximum Gasteiger partial charge on any atom is 0.303 e. The van der Waals surface area contributed by atoms with Gasteiger partial charge in [-0.25, -0.2) is 0 Å². The van der Waals surface area contributed by atoms with E-state index >= 15 is 0 Å². The van der Waals surface area contributed by atoms with Crippen molar-refractivity contribution in [1.29, 1.82) is 0 Å². The predicted octanol–water partition coefficient (Wildman–Crippen LogP) is 2.43. The number of fused-ring (bicyclic) bond motifs is 1. The number of rotatable bonds is 6. The summed E-state index contributed by atoms with van der Waals surface area (Å²) in [4.78, 5) is 11.1. The van der Waals surface area contributed by atoms with Gasteiger partial charge in [0.05, 0.1) is 6.42 Å². The molecule has 0 aromatic heterocycles. The second-order valence-corrected chi connectivity index (χ2v) is 5.59. The van der Waals surface area contributed by atoms with Crippen LogP contribution in [0, 0.1) is 17.3 Å². The van der Waals surface area contributed by atoms with E-state index in [0.29, 0.717) is 12.3 Å². The molecule has 17 heavy (non-hydrogen) atoms. The lowest BCUT2D eigenvalue weighted by Crippen LogP contribution is -2.52. The highest BCUT2D eigenvalue weighted by Gasteiger charge is 2.55. The van der Waals surface area contributed by atoms with Gasteiger partial charge < -0.3 is 10.4 Å². The third-order valence-electron chi connectivity index (χ3n) is 4.51. The maximum absolute atomic E-state index is 11.1. The fraction of sp³-hybridized carbons (Fsp3) is 0.786. The lowest BCUT2D eigenvalue weighted by molar-refractivity contribution is -0.144. The second kappa shape index (κ2) is 4.81. The molecule has 0 aliphatic heterocycles. The van der Waals surface area contributed by atoms with Crippen LogP contribution in [-0.4, -0.2) is 24.2 Å². The summed E-state index contributed by atoms with van der Waals surface area (Å²) in [6.07, 6.45) is 6.09. The number of carboxylic acids is 1. The van der Waals surface area contributed by atoms with Gasteiger partial charge in [-0.1, -0.05) is 25.5 Å². The Morgan fingerprint density at radius 2 is 2.35 bits per heavy atom. The monoisotopic (exact) mass is 237 g/mol. The molecule has 2 aliphatic rings. The molecule has 1 fully saturated rings. The summed E-state index contributed by atoms with van der Waals surface area (Å²) in [7, 11) is 0. The first-order valence-corrected chi connectivity index (χ1v) is 6.73. The summed E-state index contributed by atoms with van der Waals surface area (Å²) in [6.45, 7) is 6.04. The van der Waals surface area contributed by atoms with E-state index in [1.165, 1.54) is 12.0 Å². The SMILES string of the molecule is CCNC[C@]1(CC(=O)O)C[C@H]2CC(CC)=C[C@H]21. The zero-order valence-corrected chi connectivity index (χ0v) is 10.8. The summed E-state index contributed by atoms with van der Waals surface area (Å²) in [5.41, 5.74) is 1.52. The zero-order chi connectivity index (χ0) is 12.5. The van der Waals surface area contributed by atoms with Gasteiger partial charge in [-0.05, 0) is 37.6 Å². The van der Waals surface area contributed by atoms with E-state index in [4.69, 9.17) is 5.11 Å². The Morgan fingerprint density at radius 1 is 1.59 bits per heavy atom. The summed E-state index contributed by atoms with van der Waals surface area (Å²) >= 11 is 0. The molecule has 0 saturated heterocycles. The van der Waals surface area contributed by atoms with Gasteiger partial charge in [0.25, 0.3) is 0 Å². The van der Waals surface area contributed by atoms with Gasteiger partial charge in [0, 0.05) is 12.0 Å². The second-order valence-electron chi connectivity index (χ2n) is 5.59. The van der Waals surface area contributed by atoms with Crippen LogP contribution in [0.3, 0.4) is 0 Å². The molecule has 3 nitrogen and oxygen atoms in total. The number of nitrogens with one attached hydrogen (secondary N) is 1. The smallest absolute Gasteiger partial charge is 0.303 e. The highest BCUT2D eigenvalue weighted by Crippen LogP contribution is 2.59. The highest BCUT2D eigenvalue weighted by molar-refractivity contribution is 5.68. The summed E-state index contributed by atoms with van der Waals surface area (Å²) in [6, 6.07) is 0. The van der Waals surface area contributed by atoms with E-state index in [9.17, 15) is 4.79 Å². The van der Waals surface area contributed by atoms with Gasteiger partial charge >= 0.3 is 5.97 Å². The molecule has 2 aliphatic carbocycles.